The number of β-amino-alcohol motifs (C(OH)–C–C–N with tert-alkyl or cyclic N) is 1. The first-order chi connectivity index (χ1) is 12.6. The van der Waals surface area contributed by atoms with E-state index in [1.165, 1.54) is 25.3 Å². The van der Waals surface area contributed by atoms with Gasteiger partial charge in [0.1, 0.15) is 0 Å². The molecule has 7 nitrogen and oxygen atoms in total. The summed E-state index contributed by atoms with van der Waals surface area (Å²) in [6, 6.07) is 3.66. The molecule has 0 spiro atoms. The van der Waals surface area contributed by atoms with Crippen LogP contribution in [0.15, 0.2) is 23.4 Å². The predicted molar refractivity (Wildman–Crippen MR) is 102 cm³/mol. The van der Waals surface area contributed by atoms with E-state index in [1.807, 2.05) is 6.07 Å². The van der Waals surface area contributed by atoms with Gasteiger partial charge < -0.3 is 30.4 Å². The summed E-state index contributed by atoms with van der Waals surface area (Å²) in [5.41, 5.74) is 7.18. The van der Waals surface area contributed by atoms with Gasteiger partial charge in [0.25, 0.3) is 0 Å². The lowest BCUT2D eigenvalue weighted by Gasteiger charge is -2.29. The first kappa shape index (κ1) is 20.1. The molecule has 0 aliphatic carbocycles. The van der Waals surface area contributed by atoms with Crippen LogP contribution in [0.1, 0.15) is 30.4 Å². The molecule has 1 saturated heterocycles. The molecule has 0 amide bonds. The number of nitrogens with zero attached hydrogens (tertiary/aromatic N) is 2. The van der Waals surface area contributed by atoms with Crippen molar-refractivity contribution in [2.24, 2.45) is 10.9 Å². The highest BCUT2D eigenvalue weighted by molar-refractivity contribution is 5.94. The van der Waals surface area contributed by atoms with Crippen LogP contribution in [0.4, 0.5) is 0 Å². The van der Waals surface area contributed by atoms with Crippen molar-refractivity contribution in [3.8, 4) is 11.5 Å². The van der Waals surface area contributed by atoms with E-state index in [4.69, 9.17) is 20.4 Å². The molecule has 1 aliphatic heterocycles. The molecule has 0 radical (unpaired) electrons. The summed E-state index contributed by atoms with van der Waals surface area (Å²) < 4.78 is 10.9. The Morgan fingerprint density at radius 2 is 2.00 bits per heavy atom. The summed E-state index contributed by atoms with van der Waals surface area (Å²) >= 11 is 0. The van der Waals surface area contributed by atoms with Gasteiger partial charge in [-0.2, -0.15) is 0 Å². The molecular formula is C19H29N3O4. The first-order valence-electron chi connectivity index (χ1n) is 8.89. The zero-order valence-corrected chi connectivity index (χ0v) is 15.5. The summed E-state index contributed by atoms with van der Waals surface area (Å²) in [5.74, 6) is 1.19. The average molecular weight is 363 g/mol. The quantitative estimate of drug-likeness (QED) is 0.282. The van der Waals surface area contributed by atoms with E-state index < -0.39 is 6.10 Å². The minimum Gasteiger partial charge on any atom is -0.493 e. The summed E-state index contributed by atoms with van der Waals surface area (Å²) in [5, 5.41) is 22.3. The van der Waals surface area contributed by atoms with Crippen molar-refractivity contribution >= 4 is 11.9 Å². The number of hydrogen-bond acceptors (Lipinski definition) is 6. The Balaban J connectivity index is 2.25. The minimum absolute atomic E-state index is 0.000370. The van der Waals surface area contributed by atoms with Gasteiger partial charge in [-0.05, 0) is 43.6 Å². The van der Waals surface area contributed by atoms with Crippen LogP contribution in [0.5, 0.6) is 11.5 Å². The number of ether oxygens (including phenoxy) is 2. The number of likely N-dealkylation sites (tertiary alicyclic amines) is 1. The van der Waals surface area contributed by atoms with E-state index in [-0.39, 0.29) is 5.84 Å². The second kappa shape index (κ2) is 10.0. The number of benzene rings is 1. The van der Waals surface area contributed by atoms with Gasteiger partial charge in [0.2, 0.25) is 0 Å². The number of aliphatic hydroxyl groups is 1. The number of aliphatic hydroxyl groups excluding tert-OH is 1. The molecule has 1 fully saturated rings. The molecule has 0 bridgehead atoms. The Morgan fingerprint density at radius 3 is 2.62 bits per heavy atom. The molecule has 1 unspecified atom stereocenters. The highest BCUT2D eigenvalue weighted by Gasteiger charge is 2.20. The number of piperidine rings is 1. The van der Waals surface area contributed by atoms with Crippen LogP contribution in [-0.2, 0) is 6.42 Å². The standard InChI is InChI=1S/C19H29N3O4/c1-25-17-8-6-14(7-9-18(20)21-24)16(19(17)26-2)12-15(23)13-22-10-4-3-5-11-22/h6-9,15,23-24H,3-5,10-13H2,1-2H3,(H2,20,21). The molecule has 2 rings (SSSR count). The zero-order chi connectivity index (χ0) is 18.9. The number of rotatable bonds is 8. The average Bonchev–Trinajstić information content (AvgIpc) is 2.66. The van der Waals surface area contributed by atoms with Crippen LogP contribution in [0.25, 0.3) is 6.08 Å². The Labute approximate surface area is 154 Å². The SMILES string of the molecule is COc1ccc(C=CC(N)=NO)c(CC(O)CN2CCCCC2)c1OC. The van der Waals surface area contributed by atoms with E-state index in [2.05, 4.69) is 10.1 Å². The number of methoxy groups -OCH3 is 2. The Bertz CT molecular complexity index is 640. The monoisotopic (exact) mass is 363 g/mol. The van der Waals surface area contributed by atoms with Crippen molar-refractivity contribution in [2.45, 2.75) is 31.8 Å². The van der Waals surface area contributed by atoms with Crippen molar-refractivity contribution in [1.29, 1.82) is 0 Å². The summed E-state index contributed by atoms with van der Waals surface area (Å²) in [6.07, 6.45) is 6.77. The molecule has 1 heterocycles. The van der Waals surface area contributed by atoms with Crippen molar-refractivity contribution in [3.05, 3.63) is 29.3 Å². The van der Waals surface area contributed by atoms with Crippen LogP contribution in [0.2, 0.25) is 0 Å². The van der Waals surface area contributed by atoms with E-state index >= 15 is 0 Å². The zero-order valence-electron chi connectivity index (χ0n) is 15.5. The highest BCUT2D eigenvalue weighted by Crippen LogP contribution is 2.35. The number of hydrogen-bond donors (Lipinski definition) is 3. The third-order valence-corrected chi connectivity index (χ3v) is 4.59. The van der Waals surface area contributed by atoms with Crippen LogP contribution in [0, 0.1) is 0 Å². The van der Waals surface area contributed by atoms with Gasteiger partial charge in [0.15, 0.2) is 17.3 Å². The molecule has 26 heavy (non-hydrogen) atoms. The largest absolute Gasteiger partial charge is 0.493 e. The van der Waals surface area contributed by atoms with Gasteiger partial charge in [0.05, 0.1) is 20.3 Å². The predicted octanol–water partition coefficient (Wildman–Crippen LogP) is 1.85. The lowest BCUT2D eigenvalue weighted by Crippen LogP contribution is -2.37. The normalized spacial score (nSPS) is 17.4. The molecule has 1 aromatic carbocycles. The topological polar surface area (TPSA) is 101 Å². The minimum atomic E-state index is -0.523. The van der Waals surface area contributed by atoms with E-state index in [0.717, 1.165) is 24.2 Å². The Hall–Kier alpha value is -2.25. The lowest BCUT2D eigenvalue weighted by atomic mass is 9.98. The Kier molecular flexibility index (Phi) is 7.74. The van der Waals surface area contributed by atoms with Crippen LogP contribution in [0.3, 0.4) is 0 Å². The van der Waals surface area contributed by atoms with Gasteiger partial charge in [-0.1, -0.05) is 23.7 Å². The maximum atomic E-state index is 10.6. The molecule has 1 aliphatic rings. The van der Waals surface area contributed by atoms with Crippen LogP contribution in [-0.4, -0.2) is 61.0 Å². The number of nitrogens with two attached hydrogens (primary N) is 1. The van der Waals surface area contributed by atoms with Gasteiger partial charge in [0, 0.05) is 18.5 Å². The fraction of sp³-hybridized carbons (Fsp3) is 0.526. The number of oxime groups is 1. The maximum Gasteiger partial charge on any atom is 0.164 e. The summed E-state index contributed by atoms with van der Waals surface area (Å²) in [6.45, 7) is 2.69. The summed E-state index contributed by atoms with van der Waals surface area (Å²) in [4.78, 5) is 2.30. The molecule has 1 atom stereocenters. The third kappa shape index (κ3) is 5.37. The smallest absolute Gasteiger partial charge is 0.164 e. The first-order valence-corrected chi connectivity index (χ1v) is 8.89. The fourth-order valence-corrected chi connectivity index (χ4v) is 3.32. The van der Waals surface area contributed by atoms with Gasteiger partial charge in [-0.25, -0.2) is 0 Å². The Morgan fingerprint density at radius 1 is 1.27 bits per heavy atom. The van der Waals surface area contributed by atoms with E-state index in [1.54, 1.807) is 26.4 Å². The highest BCUT2D eigenvalue weighted by atomic mass is 16.5. The second-order valence-corrected chi connectivity index (χ2v) is 6.45. The van der Waals surface area contributed by atoms with Crippen LogP contribution >= 0.6 is 0 Å². The second-order valence-electron chi connectivity index (χ2n) is 6.45. The van der Waals surface area contributed by atoms with E-state index in [0.29, 0.717) is 24.5 Å². The van der Waals surface area contributed by atoms with Gasteiger partial charge in [-0.3, -0.25) is 0 Å². The lowest BCUT2D eigenvalue weighted by molar-refractivity contribution is 0.101. The third-order valence-electron chi connectivity index (χ3n) is 4.59. The molecule has 144 valence electrons. The fourth-order valence-electron chi connectivity index (χ4n) is 3.32. The van der Waals surface area contributed by atoms with Crippen LogP contribution < -0.4 is 15.2 Å². The van der Waals surface area contributed by atoms with Gasteiger partial charge >= 0.3 is 0 Å². The van der Waals surface area contributed by atoms with E-state index in [9.17, 15) is 5.11 Å². The van der Waals surface area contributed by atoms with Crippen molar-refractivity contribution < 1.29 is 19.8 Å². The molecule has 0 aromatic heterocycles. The number of amidine groups is 1. The van der Waals surface area contributed by atoms with Crippen molar-refractivity contribution in [1.82, 2.24) is 4.90 Å². The van der Waals surface area contributed by atoms with Crippen molar-refractivity contribution in [3.63, 3.8) is 0 Å². The van der Waals surface area contributed by atoms with Gasteiger partial charge in [-0.15, -0.1) is 0 Å². The molecular weight excluding hydrogens is 334 g/mol. The molecule has 4 N–H and O–H groups in total. The molecule has 1 aromatic rings. The molecule has 7 heteroatoms. The maximum absolute atomic E-state index is 10.6. The molecule has 0 saturated carbocycles. The summed E-state index contributed by atoms with van der Waals surface area (Å²) in [7, 11) is 3.16. The van der Waals surface area contributed by atoms with Crippen molar-refractivity contribution in [2.75, 3.05) is 33.9 Å².